The molecule has 2 rings (SSSR count). The van der Waals surface area contributed by atoms with E-state index in [1.165, 1.54) is 0 Å². The maximum absolute atomic E-state index is 11.6. The van der Waals surface area contributed by atoms with Crippen molar-refractivity contribution in [1.82, 2.24) is 5.32 Å². The molecule has 0 aliphatic heterocycles. The number of hydrogen-bond acceptors (Lipinski definition) is 4. The minimum atomic E-state index is 0.0501. The first-order chi connectivity index (χ1) is 10.1. The average molecular weight is 292 g/mol. The van der Waals surface area contributed by atoms with Crippen LogP contribution in [0.3, 0.4) is 0 Å². The molecule has 3 N–H and O–H groups in total. The molecule has 1 aromatic rings. The zero-order valence-electron chi connectivity index (χ0n) is 12.7. The fourth-order valence-electron chi connectivity index (χ4n) is 2.09. The Hall–Kier alpha value is -1.75. The predicted molar refractivity (Wildman–Crippen MR) is 81.6 cm³/mol. The number of methoxy groups -OCH3 is 1. The van der Waals surface area contributed by atoms with Crippen LogP contribution in [0.25, 0.3) is 0 Å². The van der Waals surface area contributed by atoms with Crippen LogP contribution >= 0.6 is 0 Å². The number of hydrogen-bond donors (Lipinski definition) is 2. The second kappa shape index (κ2) is 7.31. The molecule has 1 saturated carbocycles. The molecule has 116 valence electrons. The van der Waals surface area contributed by atoms with Gasteiger partial charge in [-0.25, -0.2) is 0 Å². The normalized spacial score (nSPS) is 15.4. The standard InChI is InChI=1S/C16H24N2O3/c1-11(17)9-12-3-6-14(20-2)10-15(12)21-8-7-16(19)18-13-4-5-13/h3,6,10-11,13H,4-5,7-9,17H2,1-2H3,(H,18,19). The van der Waals surface area contributed by atoms with Crippen molar-refractivity contribution in [1.29, 1.82) is 0 Å². The summed E-state index contributed by atoms with van der Waals surface area (Å²) < 4.78 is 11.0. The third kappa shape index (κ3) is 5.27. The van der Waals surface area contributed by atoms with E-state index in [9.17, 15) is 4.79 Å². The van der Waals surface area contributed by atoms with Gasteiger partial charge in [0.1, 0.15) is 11.5 Å². The van der Waals surface area contributed by atoms with Crippen LogP contribution in [0.15, 0.2) is 18.2 Å². The Kier molecular flexibility index (Phi) is 5.44. The van der Waals surface area contributed by atoms with Gasteiger partial charge in [0.25, 0.3) is 0 Å². The van der Waals surface area contributed by atoms with Gasteiger partial charge in [-0.05, 0) is 37.8 Å². The van der Waals surface area contributed by atoms with Gasteiger partial charge in [0.05, 0.1) is 20.1 Å². The summed E-state index contributed by atoms with van der Waals surface area (Å²) in [5.74, 6) is 1.53. The third-order valence-electron chi connectivity index (χ3n) is 3.35. The van der Waals surface area contributed by atoms with Crippen LogP contribution in [0.4, 0.5) is 0 Å². The molecule has 0 aromatic heterocycles. The van der Waals surface area contributed by atoms with Crippen molar-refractivity contribution < 1.29 is 14.3 Å². The summed E-state index contributed by atoms with van der Waals surface area (Å²) in [4.78, 5) is 11.6. The lowest BCUT2D eigenvalue weighted by atomic mass is 10.1. The first kappa shape index (κ1) is 15.6. The van der Waals surface area contributed by atoms with E-state index in [-0.39, 0.29) is 11.9 Å². The van der Waals surface area contributed by atoms with Crippen molar-refractivity contribution in [3.63, 3.8) is 0 Å². The van der Waals surface area contributed by atoms with Crippen LogP contribution in [0.5, 0.6) is 11.5 Å². The second-order valence-corrected chi connectivity index (χ2v) is 5.60. The molecule has 0 radical (unpaired) electrons. The Morgan fingerprint density at radius 3 is 2.86 bits per heavy atom. The Morgan fingerprint density at radius 1 is 1.48 bits per heavy atom. The van der Waals surface area contributed by atoms with Crippen molar-refractivity contribution in [3.05, 3.63) is 23.8 Å². The van der Waals surface area contributed by atoms with E-state index in [1.807, 2.05) is 25.1 Å². The van der Waals surface area contributed by atoms with Crippen LogP contribution in [0.1, 0.15) is 31.7 Å². The third-order valence-corrected chi connectivity index (χ3v) is 3.35. The van der Waals surface area contributed by atoms with Gasteiger partial charge in [-0.15, -0.1) is 0 Å². The van der Waals surface area contributed by atoms with E-state index in [0.717, 1.165) is 36.3 Å². The molecule has 1 fully saturated rings. The van der Waals surface area contributed by atoms with Gasteiger partial charge in [0.2, 0.25) is 5.91 Å². The lowest BCUT2D eigenvalue weighted by Gasteiger charge is -2.14. The predicted octanol–water partition coefficient (Wildman–Crippen LogP) is 1.63. The molecule has 0 bridgehead atoms. The Labute approximate surface area is 125 Å². The Morgan fingerprint density at radius 2 is 2.24 bits per heavy atom. The maximum atomic E-state index is 11.6. The minimum Gasteiger partial charge on any atom is -0.497 e. The first-order valence-corrected chi connectivity index (χ1v) is 7.43. The van der Waals surface area contributed by atoms with Crippen LogP contribution in [-0.4, -0.2) is 31.7 Å². The first-order valence-electron chi connectivity index (χ1n) is 7.43. The molecule has 1 aliphatic rings. The van der Waals surface area contributed by atoms with E-state index < -0.39 is 0 Å². The van der Waals surface area contributed by atoms with Crippen molar-refractivity contribution in [2.24, 2.45) is 5.73 Å². The van der Waals surface area contributed by atoms with Crippen molar-refractivity contribution in [2.45, 2.75) is 44.7 Å². The van der Waals surface area contributed by atoms with Gasteiger partial charge in [-0.3, -0.25) is 4.79 Å². The fraction of sp³-hybridized carbons (Fsp3) is 0.562. The van der Waals surface area contributed by atoms with Gasteiger partial charge in [-0.2, -0.15) is 0 Å². The van der Waals surface area contributed by atoms with Crippen LogP contribution in [0.2, 0.25) is 0 Å². The summed E-state index contributed by atoms with van der Waals surface area (Å²) in [5, 5.41) is 2.95. The van der Waals surface area contributed by atoms with Crippen LogP contribution < -0.4 is 20.5 Å². The van der Waals surface area contributed by atoms with E-state index >= 15 is 0 Å². The van der Waals surface area contributed by atoms with E-state index in [2.05, 4.69) is 5.32 Å². The number of carbonyl (C=O) groups is 1. The molecular formula is C16H24N2O3. The molecule has 0 spiro atoms. The van der Waals surface area contributed by atoms with Gasteiger partial charge < -0.3 is 20.5 Å². The highest BCUT2D eigenvalue weighted by molar-refractivity contribution is 5.76. The van der Waals surface area contributed by atoms with Crippen molar-refractivity contribution in [3.8, 4) is 11.5 Å². The van der Waals surface area contributed by atoms with Crippen LogP contribution in [-0.2, 0) is 11.2 Å². The summed E-state index contributed by atoms with van der Waals surface area (Å²) in [6, 6.07) is 6.14. The molecule has 0 saturated heterocycles. The highest BCUT2D eigenvalue weighted by atomic mass is 16.5. The number of rotatable bonds is 8. The minimum absolute atomic E-state index is 0.0501. The van der Waals surface area contributed by atoms with Gasteiger partial charge in [-0.1, -0.05) is 6.07 Å². The number of carbonyl (C=O) groups excluding carboxylic acids is 1. The number of ether oxygens (including phenoxy) is 2. The summed E-state index contributed by atoms with van der Waals surface area (Å²) in [7, 11) is 1.62. The van der Waals surface area contributed by atoms with E-state index in [0.29, 0.717) is 19.1 Å². The largest absolute Gasteiger partial charge is 0.497 e. The molecule has 0 heterocycles. The second-order valence-electron chi connectivity index (χ2n) is 5.60. The highest BCUT2D eigenvalue weighted by Gasteiger charge is 2.22. The quantitative estimate of drug-likeness (QED) is 0.764. The average Bonchev–Trinajstić information content (AvgIpc) is 3.23. The zero-order valence-corrected chi connectivity index (χ0v) is 12.7. The summed E-state index contributed by atoms with van der Waals surface area (Å²) in [5.41, 5.74) is 6.89. The lowest BCUT2D eigenvalue weighted by molar-refractivity contribution is -0.121. The number of amides is 1. The van der Waals surface area contributed by atoms with E-state index in [4.69, 9.17) is 15.2 Å². The van der Waals surface area contributed by atoms with Gasteiger partial charge in [0, 0.05) is 18.2 Å². The SMILES string of the molecule is COc1ccc(CC(C)N)c(OCCC(=O)NC2CC2)c1. The molecule has 1 amide bonds. The molecule has 21 heavy (non-hydrogen) atoms. The maximum Gasteiger partial charge on any atom is 0.223 e. The number of nitrogens with one attached hydrogen (secondary N) is 1. The molecule has 1 unspecified atom stereocenters. The molecule has 1 aromatic carbocycles. The van der Waals surface area contributed by atoms with E-state index in [1.54, 1.807) is 7.11 Å². The van der Waals surface area contributed by atoms with Crippen molar-refractivity contribution in [2.75, 3.05) is 13.7 Å². The summed E-state index contributed by atoms with van der Waals surface area (Å²) in [6.07, 6.45) is 3.29. The molecule has 5 nitrogen and oxygen atoms in total. The summed E-state index contributed by atoms with van der Waals surface area (Å²) >= 11 is 0. The topological polar surface area (TPSA) is 73.6 Å². The Bertz CT molecular complexity index is 484. The number of nitrogens with two attached hydrogens (primary N) is 1. The number of benzene rings is 1. The smallest absolute Gasteiger partial charge is 0.223 e. The van der Waals surface area contributed by atoms with Crippen LogP contribution in [0, 0.1) is 0 Å². The molecular weight excluding hydrogens is 268 g/mol. The van der Waals surface area contributed by atoms with Gasteiger partial charge >= 0.3 is 0 Å². The Balaban J connectivity index is 1.90. The summed E-state index contributed by atoms with van der Waals surface area (Å²) in [6.45, 7) is 2.31. The lowest BCUT2D eigenvalue weighted by Crippen LogP contribution is -2.26. The monoisotopic (exact) mass is 292 g/mol. The van der Waals surface area contributed by atoms with Gasteiger partial charge in [0.15, 0.2) is 0 Å². The molecule has 1 aliphatic carbocycles. The highest BCUT2D eigenvalue weighted by Crippen LogP contribution is 2.26. The molecule has 1 atom stereocenters. The fourth-order valence-corrected chi connectivity index (χ4v) is 2.09. The molecule has 5 heteroatoms. The van der Waals surface area contributed by atoms with Crippen molar-refractivity contribution >= 4 is 5.91 Å². The zero-order chi connectivity index (χ0) is 15.2.